The fourth-order valence-electron chi connectivity index (χ4n) is 1.37. The van der Waals surface area contributed by atoms with Crippen molar-refractivity contribution in [1.82, 2.24) is 0 Å². The topological polar surface area (TPSA) is 63.6 Å². The first kappa shape index (κ1) is 18.3. The maximum absolute atomic E-state index is 12.3. The lowest BCUT2D eigenvalue weighted by Gasteiger charge is -2.29. The normalized spacial score (nSPS) is 15.4. The molecule has 0 rings (SSSR count). The van der Waals surface area contributed by atoms with E-state index < -0.39 is 24.8 Å². The third-order valence-electron chi connectivity index (χ3n) is 3.60. The highest BCUT2D eigenvalue weighted by Gasteiger charge is 2.54. The van der Waals surface area contributed by atoms with E-state index in [4.69, 9.17) is 4.74 Å². The SMILES string of the molecule is CCC(C)(CC)OC(=O)C(C)(CC=C(C)C)[P+](=O)O. The standard InChI is InChI=1S/C14H25O4P/c1-7-13(5,8-2)18-12(15)14(6,19(16)17)10-9-11(3)4/h9H,7-8,10H2,1-6H3/p+1. The summed E-state index contributed by atoms with van der Waals surface area (Å²) in [6.45, 7) is 11.0. The molecule has 5 heteroatoms. The van der Waals surface area contributed by atoms with Gasteiger partial charge in [0.05, 0.1) is 0 Å². The largest absolute Gasteiger partial charge is 0.524 e. The lowest BCUT2D eigenvalue weighted by Crippen LogP contribution is -2.40. The van der Waals surface area contributed by atoms with Crippen LogP contribution in [0, 0.1) is 0 Å². The smallest absolute Gasteiger partial charge is 0.456 e. The molecule has 0 aromatic carbocycles. The fraction of sp³-hybridized carbons (Fsp3) is 0.786. The van der Waals surface area contributed by atoms with Gasteiger partial charge in [-0.1, -0.05) is 25.5 Å². The van der Waals surface area contributed by atoms with Crippen molar-refractivity contribution in [1.29, 1.82) is 0 Å². The van der Waals surface area contributed by atoms with Gasteiger partial charge < -0.3 is 4.74 Å². The number of carbonyl (C=O) groups is 1. The summed E-state index contributed by atoms with van der Waals surface area (Å²) in [6, 6.07) is 0. The predicted molar refractivity (Wildman–Crippen MR) is 77.4 cm³/mol. The average molecular weight is 289 g/mol. The van der Waals surface area contributed by atoms with Gasteiger partial charge in [0.2, 0.25) is 0 Å². The molecule has 0 spiro atoms. The van der Waals surface area contributed by atoms with Gasteiger partial charge in [0, 0.05) is 6.42 Å². The minimum atomic E-state index is -2.65. The van der Waals surface area contributed by atoms with Crippen molar-refractivity contribution in [3.63, 3.8) is 0 Å². The summed E-state index contributed by atoms with van der Waals surface area (Å²) >= 11 is 0. The Labute approximate surface area is 117 Å². The third-order valence-corrected chi connectivity index (χ3v) is 4.81. The fourth-order valence-corrected chi connectivity index (χ4v) is 1.82. The molecule has 0 aliphatic carbocycles. The summed E-state index contributed by atoms with van der Waals surface area (Å²) in [5.74, 6) is -0.597. The predicted octanol–water partition coefficient (Wildman–Crippen LogP) is 3.96. The molecule has 1 N–H and O–H groups in total. The monoisotopic (exact) mass is 289 g/mol. The highest BCUT2D eigenvalue weighted by molar-refractivity contribution is 7.41. The molecule has 0 fully saturated rings. The van der Waals surface area contributed by atoms with Gasteiger partial charge in [-0.25, -0.2) is 4.79 Å². The van der Waals surface area contributed by atoms with Gasteiger partial charge in [-0.15, -0.1) is 0 Å². The quantitative estimate of drug-likeness (QED) is 0.438. The van der Waals surface area contributed by atoms with Crippen molar-refractivity contribution in [2.24, 2.45) is 0 Å². The van der Waals surface area contributed by atoms with Gasteiger partial charge in [0.15, 0.2) is 0 Å². The van der Waals surface area contributed by atoms with Crippen LogP contribution in [0.1, 0.15) is 60.8 Å². The molecule has 110 valence electrons. The van der Waals surface area contributed by atoms with Crippen LogP contribution in [0.15, 0.2) is 11.6 Å². The Morgan fingerprint density at radius 3 is 2.05 bits per heavy atom. The van der Waals surface area contributed by atoms with Crippen LogP contribution in [0.2, 0.25) is 0 Å². The average Bonchev–Trinajstić information content (AvgIpc) is 2.35. The first-order chi connectivity index (χ1) is 8.61. The number of allylic oxidation sites excluding steroid dienone is 2. The van der Waals surface area contributed by atoms with E-state index in [9.17, 15) is 14.3 Å². The molecule has 0 aromatic heterocycles. The molecule has 0 heterocycles. The highest BCUT2D eigenvalue weighted by Crippen LogP contribution is 2.41. The van der Waals surface area contributed by atoms with Crippen molar-refractivity contribution in [2.45, 2.75) is 71.6 Å². The highest BCUT2D eigenvalue weighted by atomic mass is 31.1. The number of esters is 1. The summed E-state index contributed by atoms with van der Waals surface area (Å²) in [7, 11) is -2.65. The Bertz CT molecular complexity index is 368. The van der Waals surface area contributed by atoms with Crippen LogP contribution in [-0.4, -0.2) is 21.6 Å². The van der Waals surface area contributed by atoms with Gasteiger partial charge in [-0.05, 0) is 45.1 Å². The van der Waals surface area contributed by atoms with Gasteiger partial charge in [-0.3, -0.25) is 0 Å². The number of hydrogen-bond donors (Lipinski definition) is 1. The van der Waals surface area contributed by atoms with Crippen LogP contribution in [0.4, 0.5) is 0 Å². The zero-order chi connectivity index (χ0) is 15.3. The molecule has 0 saturated carbocycles. The van der Waals surface area contributed by atoms with Gasteiger partial charge >= 0.3 is 14.0 Å². The molecule has 0 aliphatic heterocycles. The van der Waals surface area contributed by atoms with E-state index in [2.05, 4.69) is 0 Å². The number of rotatable bonds is 7. The molecule has 0 radical (unpaired) electrons. The van der Waals surface area contributed by atoms with Gasteiger partial charge in [0.25, 0.3) is 5.16 Å². The Kier molecular flexibility index (Phi) is 6.88. The van der Waals surface area contributed by atoms with E-state index in [1.54, 1.807) is 6.08 Å². The Balaban J connectivity index is 5.15. The second-order valence-corrected chi connectivity index (χ2v) is 7.11. The Morgan fingerprint density at radius 2 is 1.74 bits per heavy atom. The summed E-state index contributed by atoms with van der Waals surface area (Å²) in [5, 5.41) is -1.38. The Morgan fingerprint density at radius 1 is 1.26 bits per heavy atom. The molecule has 4 nitrogen and oxygen atoms in total. The zero-order valence-corrected chi connectivity index (χ0v) is 13.7. The van der Waals surface area contributed by atoms with Crippen molar-refractivity contribution >= 4 is 14.0 Å². The second kappa shape index (κ2) is 7.16. The first-order valence-corrected chi connectivity index (χ1v) is 7.85. The molecule has 0 aliphatic rings. The maximum atomic E-state index is 12.3. The van der Waals surface area contributed by atoms with Crippen LogP contribution in [0.25, 0.3) is 0 Å². The first-order valence-electron chi connectivity index (χ1n) is 6.64. The van der Waals surface area contributed by atoms with Crippen LogP contribution in [0.5, 0.6) is 0 Å². The summed E-state index contributed by atoms with van der Waals surface area (Å²) in [5.41, 5.74) is 0.430. The Hall–Kier alpha value is -0.730. The molecule has 0 amide bonds. The molecule has 19 heavy (non-hydrogen) atoms. The van der Waals surface area contributed by atoms with E-state index in [1.165, 1.54) is 6.92 Å². The van der Waals surface area contributed by atoms with Crippen molar-refractivity contribution < 1.29 is 19.0 Å². The zero-order valence-electron chi connectivity index (χ0n) is 12.8. The summed E-state index contributed by atoms with van der Waals surface area (Å²) in [4.78, 5) is 21.7. The lowest BCUT2D eigenvalue weighted by atomic mass is 9.99. The van der Waals surface area contributed by atoms with Crippen molar-refractivity contribution in [3.05, 3.63) is 11.6 Å². The van der Waals surface area contributed by atoms with Crippen LogP contribution >= 0.6 is 8.03 Å². The number of carbonyl (C=O) groups excluding carboxylic acids is 1. The van der Waals surface area contributed by atoms with Gasteiger partial charge in [0.1, 0.15) is 5.60 Å². The van der Waals surface area contributed by atoms with E-state index in [0.717, 1.165) is 5.57 Å². The number of hydrogen-bond acceptors (Lipinski definition) is 3. The van der Waals surface area contributed by atoms with Crippen LogP contribution in [0.3, 0.4) is 0 Å². The van der Waals surface area contributed by atoms with Crippen molar-refractivity contribution in [2.75, 3.05) is 0 Å². The van der Waals surface area contributed by atoms with Crippen molar-refractivity contribution in [3.8, 4) is 0 Å². The minimum absolute atomic E-state index is 0.212. The van der Waals surface area contributed by atoms with E-state index in [-0.39, 0.29) is 6.42 Å². The lowest BCUT2D eigenvalue weighted by molar-refractivity contribution is -0.161. The van der Waals surface area contributed by atoms with E-state index in [0.29, 0.717) is 12.8 Å². The summed E-state index contributed by atoms with van der Waals surface area (Å²) in [6.07, 6.45) is 3.36. The molecule has 0 bridgehead atoms. The van der Waals surface area contributed by atoms with Gasteiger partial charge in [-0.2, -0.15) is 4.89 Å². The van der Waals surface area contributed by atoms with E-state index >= 15 is 0 Å². The molecule has 2 atom stereocenters. The molecular weight excluding hydrogens is 263 g/mol. The number of ether oxygens (including phenoxy) is 1. The third kappa shape index (κ3) is 5.04. The molecule has 2 unspecified atom stereocenters. The molecule has 0 saturated heterocycles. The minimum Gasteiger partial charge on any atom is -0.456 e. The van der Waals surface area contributed by atoms with Crippen LogP contribution < -0.4 is 0 Å². The van der Waals surface area contributed by atoms with E-state index in [1.807, 2.05) is 34.6 Å². The second-order valence-electron chi connectivity index (χ2n) is 5.58. The molecular formula is C14H26O4P+. The molecule has 0 aromatic rings. The summed E-state index contributed by atoms with van der Waals surface area (Å²) < 4.78 is 17.0. The van der Waals surface area contributed by atoms with Crippen LogP contribution in [-0.2, 0) is 14.1 Å². The maximum Gasteiger partial charge on any atom is 0.524 e.